The van der Waals surface area contributed by atoms with Gasteiger partial charge in [-0.05, 0) is 18.7 Å². The topological polar surface area (TPSA) is 43.1 Å². The summed E-state index contributed by atoms with van der Waals surface area (Å²) in [4.78, 5) is 0. The van der Waals surface area contributed by atoms with E-state index in [1.807, 2.05) is 31.2 Å². The number of aromatic nitrogens is 3. The monoisotopic (exact) mass is 282 g/mol. The van der Waals surface area contributed by atoms with Crippen LogP contribution in [-0.4, -0.2) is 27.3 Å². The van der Waals surface area contributed by atoms with E-state index in [4.69, 9.17) is 0 Å². The molecule has 0 bridgehead atoms. The summed E-state index contributed by atoms with van der Waals surface area (Å²) in [5.74, 6) is -0.451. The van der Waals surface area contributed by atoms with Gasteiger partial charge in [0.05, 0.1) is 6.21 Å². The Morgan fingerprint density at radius 1 is 1.37 bits per heavy atom. The van der Waals surface area contributed by atoms with Crippen LogP contribution in [0.4, 0.5) is 8.78 Å². The number of benzene rings is 1. The van der Waals surface area contributed by atoms with Crippen LogP contribution in [0, 0.1) is 6.92 Å². The minimum Gasteiger partial charge on any atom is -0.201 e. The maximum atomic E-state index is 12.8. The number of rotatable bonds is 4. The van der Waals surface area contributed by atoms with Crippen LogP contribution < -0.4 is 0 Å². The molecule has 0 spiro atoms. The fourth-order valence-corrected chi connectivity index (χ4v) is 1.96. The van der Waals surface area contributed by atoms with Gasteiger partial charge >= 0.3 is 0 Å². The van der Waals surface area contributed by atoms with Gasteiger partial charge in [-0.2, -0.15) is 9.78 Å². The van der Waals surface area contributed by atoms with Crippen LogP contribution in [-0.2, 0) is 0 Å². The molecular weight excluding hydrogens is 270 g/mol. The van der Waals surface area contributed by atoms with E-state index in [2.05, 4.69) is 15.3 Å². The maximum Gasteiger partial charge on any atom is 0.299 e. The van der Waals surface area contributed by atoms with Crippen LogP contribution in [0.2, 0.25) is 0 Å². The number of hydrogen-bond acceptors (Lipinski definition) is 4. The van der Waals surface area contributed by atoms with E-state index in [0.717, 1.165) is 15.8 Å². The third kappa shape index (κ3) is 3.17. The van der Waals surface area contributed by atoms with E-state index in [0.29, 0.717) is 5.16 Å². The van der Waals surface area contributed by atoms with Gasteiger partial charge in [0.2, 0.25) is 11.0 Å². The quantitative estimate of drug-likeness (QED) is 0.639. The van der Waals surface area contributed by atoms with Gasteiger partial charge in [-0.15, -0.1) is 10.2 Å². The third-order valence-electron chi connectivity index (χ3n) is 2.38. The summed E-state index contributed by atoms with van der Waals surface area (Å²) in [6.45, 7) is 1.95. The van der Waals surface area contributed by atoms with Crippen LogP contribution in [0.3, 0.4) is 0 Å². The van der Waals surface area contributed by atoms with E-state index in [1.54, 1.807) is 6.26 Å². The minimum atomic E-state index is -2.71. The molecule has 19 heavy (non-hydrogen) atoms. The lowest BCUT2D eigenvalue weighted by Crippen LogP contribution is -2.00. The van der Waals surface area contributed by atoms with Crippen molar-refractivity contribution in [3.63, 3.8) is 0 Å². The van der Waals surface area contributed by atoms with Crippen LogP contribution in [0.5, 0.6) is 0 Å². The lowest BCUT2D eigenvalue weighted by atomic mass is 10.2. The zero-order valence-corrected chi connectivity index (χ0v) is 11.2. The van der Waals surface area contributed by atoms with Crippen molar-refractivity contribution in [2.24, 2.45) is 5.10 Å². The second-order valence-corrected chi connectivity index (χ2v) is 4.59. The number of aryl methyl sites for hydroxylation is 1. The van der Waals surface area contributed by atoms with Gasteiger partial charge in [0.25, 0.3) is 6.43 Å². The number of nitrogens with zero attached hydrogens (tertiary/aromatic N) is 4. The molecule has 0 amide bonds. The van der Waals surface area contributed by atoms with Gasteiger partial charge in [-0.3, -0.25) is 0 Å². The van der Waals surface area contributed by atoms with Crippen molar-refractivity contribution in [2.75, 3.05) is 6.26 Å². The highest BCUT2D eigenvalue weighted by molar-refractivity contribution is 7.98. The van der Waals surface area contributed by atoms with E-state index in [9.17, 15) is 8.78 Å². The predicted molar refractivity (Wildman–Crippen MR) is 70.9 cm³/mol. The van der Waals surface area contributed by atoms with E-state index < -0.39 is 12.2 Å². The number of thioether (sulfide) groups is 1. The molecule has 2 aromatic rings. The van der Waals surface area contributed by atoms with Crippen molar-refractivity contribution in [2.45, 2.75) is 18.5 Å². The Bertz CT molecular complexity index is 595. The molecule has 1 heterocycles. The summed E-state index contributed by atoms with van der Waals surface area (Å²) in [5, 5.41) is 11.5. The molecule has 100 valence electrons. The van der Waals surface area contributed by atoms with Crippen molar-refractivity contribution in [1.82, 2.24) is 14.9 Å². The van der Waals surface area contributed by atoms with Crippen molar-refractivity contribution >= 4 is 18.0 Å². The minimum absolute atomic E-state index is 0.333. The summed E-state index contributed by atoms with van der Waals surface area (Å²) in [5.41, 5.74) is 1.91. The smallest absolute Gasteiger partial charge is 0.201 e. The molecule has 0 saturated carbocycles. The Morgan fingerprint density at radius 2 is 2.16 bits per heavy atom. The lowest BCUT2D eigenvalue weighted by Gasteiger charge is -2.01. The predicted octanol–water partition coefficient (Wildman–Crippen LogP) is 3.13. The molecule has 0 aliphatic heterocycles. The van der Waals surface area contributed by atoms with Crippen molar-refractivity contribution < 1.29 is 8.78 Å². The first kappa shape index (κ1) is 13.7. The molecule has 0 aliphatic rings. The summed E-state index contributed by atoms with van der Waals surface area (Å²) < 4.78 is 26.6. The maximum absolute atomic E-state index is 12.8. The molecule has 0 atom stereocenters. The first-order valence-electron chi connectivity index (χ1n) is 5.50. The molecule has 7 heteroatoms. The molecule has 2 rings (SSSR count). The zero-order chi connectivity index (χ0) is 13.8. The molecule has 0 unspecified atom stereocenters. The normalized spacial score (nSPS) is 11.6. The van der Waals surface area contributed by atoms with Crippen LogP contribution >= 0.6 is 11.8 Å². The lowest BCUT2D eigenvalue weighted by molar-refractivity contribution is 0.135. The highest BCUT2D eigenvalue weighted by Gasteiger charge is 2.19. The van der Waals surface area contributed by atoms with E-state index in [1.165, 1.54) is 18.0 Å². The standard InChI is InChI=1S/C12H12F2N4S/c1-8-4-3-5-9(6-8)7-15-18-11(10(13)14)16-17-12(18)19-2/h3-7,10H,1-2H3/b15-7-. The molecule has 0 aliphatic carbocycles. The number of alkyl halides is 2. The Morgan fingerprint density at radius 3 is 2.79 bits per heavy atom. The molecule has 0 fully saturated rings. The average Bonchev–Trinajstić information content (AvgIpc) is 2.79. The van der Waals surface area contributed by atoms with Gasteiger partial charge < -0.3 is 0 Å². The van der Waals surface area contributed by atoms with Crippen molar-refractivity contribution in [1.29, 1.82) is 0 Å². The summed E-state index contributed by atoms with van der Waals surface area (Å²) >= 11 is 1.21. The second kappa shape index (κ2) is 5.92. The summed E-state index contributed by atoms with van der Waals surface area (Å²) in [7, 11) is 0. The molecule has 0 radical (unpaired) electrons. The summed E-state index contributed by atoms with van der Waals surface area (Å²) in [6, 6.07) is 7.59. The second-order valence-electron chi connectivity index (χ2n) is 3.82. The van der Waals surface area contributed by atoms with Gasteiger partial charge in [0.1, 0.15) is 0 Å². The van der Waals surface area contributed by atoms with Crippen molar-refractivity contribution in [3.05, 3.63) is 41.2 Å². The Hall–Kier alpha value is -1.76. The van der Waals surface area contributed by atoms with E-state index in [-0.39, 0.29) is 0 Å². The number of halogens is 2. The highest BCUT2D eigenvalue weighted by atomic mass is 32.2. The van der Waals surface area contributed by atoms with Crippen LogP contribution in [0.1, 0.15) is 23.4 Å². The van der Waals surface area contributed by atoms with E-state index >= 15 is 0 Å². The molecule has 1 aromatic heterocycles. The van der Waals surface area contributed by atoms with Gasteiger partial charge in [0.15, 0.2) is 0 Å². The van der Waals surface area contributed by atoms with Crippen molar-refractivity contribution in [3.8, 4) is 0 Å². The average molecular weight is 282 g/mol. The van der Waals surface area contributed by atoms with Gasteiger partial charge in [0, 0.05) is 0 Å². The highest BCUT2D eigenvalue weighted by Crippen LogP contribution is 2.21. The first-order chi connectivity index (χ1) is 9.11. The first-order valence-corrected chi connectivity index (χ1v) is 6.72. The fraction of sp³-hybridized carbons (Fsp3) is 0.250. The van der Waals surface area contributed by atoms with Gasteiger partial charge in [-0.25, -0.2) is 8.78 Å². The van der Waals surface area contributed by atoms with Gasteiger partial charge in [-0.1, -0.05) is 41.6 Å². The van der Waals surface area contributed by atoms with Crippen LogP contribution in [0.15, 0.2) is 34.5 Å². The zero-order valence-electron chi connectivity index (χ0n) is 10.4. The Labute approximate surface area is 113 Å². The Kier molecular flexibility index (Phi) is 4.26. The molecule has 4 nitrogen and oxygen atoms in total. The molecule has 0 N–H and O–H groups in total. The SMILES string of the molecule is CSc1nnc(C(F)F)n1/N=C\c1cccc(C)c1. The fourth-order valence-electron chi connectivity index (χ4n) is 1.52. The van der Waals surface area contributed by atoms with Crippen LogP contribution in [0.25, 0.3) is 0 Å². The molecule has 1 aromatic carbocycles. The number of hydrogen-bond donors (Lipinski definition) is 0. The summed E-state index contributed by atoms with van der Waals surface area (Å²) in [6.07, 6.45) is 0.544. The Balaban J connectivity index is 2.34. The largest absolute Gasteiger partial charge is 0.299 e. The third-order valence-corrected chi connectivity index (χ3v) is 3.00. The molecular formula is C12H12F2N4S. The molecule has 0 saturated heterocycles.